The van der Waals surface area contributed by atoms with Crippen molar-refractivity contribution in [2.75, 3.05) is 0 Å². The molecule has 1 aromatic heterocycles. The minimum Gasteiger partial charge on any atom is -0.361 e. The highest BCUT2D eigenvalue weighted by atomic mass is 16.5. The number of nitrogens with zero attached hydrogens (tertiary/aromatic N) is 1. The van der Waals surface area contributed by atoms with Crippen molar-refractivity contribution < 1.29 is 9.32 Å². The molecule has 0 amide bonds. The Morgan fingerprint density at radius 2 is 1.94 bits per heavy atom. The van der Waals surface area contributed by atoms with E-state index in [1.807, 2.05) is 26.8 Å². The molecule has 1 rings (SSSR count). The Hall–Kier alpha value is -1.12. The standard InChI is InChI=1S/C13H21NO2/c1-9-7-11(16-14-9)13(5,6)8-12(3,4)10(2)15/h7H,8H2,1-6H3. The van der Waals surface area contributed by atoms with Gasteiger partial charge in [0.1, 0.15) is 11.5 Å². The first kappa shape index (κ1) is 12.9. The van der Waals surface area contributed by atoms with Gasteiger partial charge in [-0.3, -0.25) is 4.79 Å². The molecule has 16 heavy (non-hydrogen) atoms. The van der Waals surface area contributed by atoms with E-state index in [1.165, 1.54) is 0 Å². The van der Waals surface area contributed by atoms with Crippen LogP contribution >= 0.6 is 0 Å². The fourth-order valence-corrected chi connectivity index (χ4v) is 2.00. The van der Waals surface area contributed by atoms with Gasteiger partial charge >= 0.3 is 0 Å². The average molecular weight is 223 g/mol. The van der Waals surface area contributed by atoms with Gasteiger partial charge in [0.15, 0.2) is 0 Å². The molecule has 90 valence electrons. The topological polar surface area (TPSA) is 43.1 Å². The van der Waals surface area contributed by atoms with Crippen LogP contribution < -0.4 is 0 Å². The van der Waals surface area contributed by atoms with Crippen LogP contribution in [0.4, 0.5) is 0 Å². The summed E-state index contributed by atoms with van der Waals surface area (Å²) in [5.74, 6) is 1.05. The molecule has 0 saturated carbocycles. The number of aromatic nitrogens is 1. The third-order valence-corrected chi connectivity index (χ3v) is 3.13. The van der Waals surface area contributed by atoms with E-state index >= 15 is 0 Å². The predicted octanol–water partition coefficient (Wildman–Crippen LogP) is 3.27. The first-order chi connectivity index (χ1) is 7.15. The fourth-order valence-electron chi connectivity index (χ4n) is 2.00. The molecule has 0 radical (unpaired) electrons. The van der Waals surface area contributed by atoms with Crippen molar-refractivity contribution in [3.63, 3.8) is 0 Å². The lowest BCUT2D eigenvalue weighted by Gasteiger charge is -2.31. The molecular weight excluding hydrogens is 202 g/mol. The lowest BCUT2D eigenvalue weighted by Crippen LogP contribution is -2.31. The van der Waals surface area contributed by atoms with E-state index in [9.17, 15) is 4.79 Å². The molecule has 0 spiro atoms. The lowest BCUT2D eigenvalue weighted by atomic mass is 9.72. The average Bonchev–Trinajstić information content (AvgIpc) is 2.50. The van der Waals surface area contributed by atoms with E-state index in [0.29, 0.717) is 0 Å². The summed E-state index contributed by atoms with van der Waals surface area (Å²) < 4.78 is 5.29. The highest BCUT2D eigenvalue weighted by molar-refractivity contribution is 5.81. The van der Waals surface area contributed by atoms with Gasteiger partial charge in [0.25, 0.3) is 0 Å². The molecule has 0 saturated heterocycles. The molecule has 1 aromatic rings. The summed E-state index contributed by atoms with van der Waals surface area (Å²) in [5.41, 5.74) is 0.379. The van der Waals surface area contributed by atoms with E-state index in [1.54, 1.807) is 6.92 Å². The minimum atomic E-state index is -0.329. The van der Waals surface area contributed by atoms with Crippen molar-refractivity contribution >= 4 is 5.78 Å². The van der Waals surface area contributed by atoms with Crippen molar-refractivity contribution in [1.82, 2.24) is 5.16 Å². The number of carbonyl (C=O) groups excluding carboxylic acids is 1. The summed E-state index contributed by atoms with van der Waals surface area (Å²) in [5, 5.41) is 3.90. The van der Waals surface area contributed by atoms with Gasteiger partial charge in [-0.05, 0) is 20.3 Å². The molecule has 3 nitrogen and oxygen atoms in total. The van der Waals surface area contributed by atoms with Gasteiger partial charge in [-0.2, -0.15) is 0 Å². The largest absolute Gasteiger partial charge is 0.361 e. The molecule has 0 aliphatic carbocycles. The molecule has 0 aliphatic rings. The quantitative estimate of drug-likeness (QED) is 0.786. The van der Waals surface area contributed by atoms with Gasteiger partial charge in [-0.25, -0.2) is 0 Å². The molecule has 0 aliphatic heterocycles. The van der Waals surface area contributed by atoms with Gasteiger partial charge in [0, 0.05) is 16.9 Å². The smallest absolute Gasteiger partial charge is 0.142 e. The number of hydrogen-bond acceptors (Lipinski definition) is 3. The summed E-state index contributed by atoms with van der Waals surface area (Å²) in [6, 6.07) is 1.94. The van der Waals surface area contributed by atoms with Crippen molar-refractivity contribution in [3.05, 3.63) is 17.5 Å². The Bertz CT molecular complexity index is 388. The van der Waals surface area contributed by atoms with Crippen LogP contribution in [-0.4, -0.2) is 10.9 Å². The van der Waals surface area contributed by atoms with Crippen molar-refractivity contribution in [1.29, 1.82) is 0 Å². The second-order valence-corrected chi connectivity index (χ2v) is 5.83. The second-order valence-electron chi connectivity index (χ2n) is 5.83. The van der Waals surface area contributed by atoms with Gasteiger partial charge in [-0.1, -0.05) is 32.9 Å². The molecule has 0 aromatic carbocycles. The van der Waals surface area contributed by atoms with Crippen LogP contribution in [0.3, 0.4) is 0 Å². The first-order valence-corrected chi connectivity index (χ1v) is 5.60. The van der Waals surface area contributed by atoms with Gasteiger partial charge in [0.05, 0.1) is 5.69 Å². The number of aryl methyl sites for hydroxylation is 1. The summed E-state index contributed by atoms with van der Waals surface area (Å²) in [6.45, 7) is 11.6. The predicted molar refractivity (Wildman–Crippen MR) is 63.3 cm³/mol. The Labute approximate surface area is 97.2 Å². The third kappa shape index (κ3) is 2.71. The van der Waals surface area contributed by atoms with E-state index in [0.717, 1.165) is 17.9 Å². The van der Waals surface area contributed by atoms with E-state index in [-0.39, 0.29) is 16.6 Å². The van der Waals surface area contributed by atoms with Crippen LogP contribution in [0.5, 0.6) is 0 Å². The van der Waals surface area contributed by atoms with Crippen LogP contribution in [-0.2, 0) is 10.2 Å². The summed E-state index contributed by atoms with van der Waals surface area (Å²) in [6.07, 6.45) is 0.754. The van der Waals surface area contributed by atoms with Gasteiger partial charge in [-0.15, -0.1) is 0 Å². The number of hydrogen-bond donors (Lipinski definition) is 0. The molecule has 0 N–H and O–H groups in total. The zero-order chi connectivity index (χ0) is 12.6. The maximum Gasteiger partial charge on any atom is 0.142 e. The van der Waals surface area contributed by atoms with E-state index in [4.69, 9.17) is 4.52 Å². The molecular formula is C13H21NO2. The number of ketones is 1. The molecule has 0 unspecified atom stereocenters. The Morgan fingerprint density at radius 3 is 2.31 bits per heavy atom. The molecule has 0 fully saturated rings. The third-order valence-electron chi connectivity index (χ3n) is 3.13. The highest BCUT2D eigenvalue weighted by Crippen LogP contribution is 2.37. The van der Waals surface area contributed by atoms with Crippen molar-refractivity contribution in [3.8, 4) is 0 Å². The summed E-state index contributed by atoms with van der Waals surface area (Å²) in [7, 11) is 0. The molecule has 1 heterocycles. The van der Waals surface area contributed by atoms with Crippen LogP contribution in [0.2, 0.25) is 0 Å². The second kappa shape index (κ2) is 4.04. The fraction of sp³-hybridized carbons (Fsp3) is 0.692. The van der Waals surface area contributed by atoms with Crippen molar-refractivity contribution in [2.24, 2.45) is 5.41 Å². The Morgan fingerprint density at radius 1 is 1.38 bits per heavy atom. The lowest BCUT2D eigenvalue weighted by molar-refractivity contribution is -0.125. The van der Waals surface area contributed by atoms with Crippen LogP contribution in [0.1, 0.15) is 52.5 Å². The van der Waals surface area contributed by atoms with Crippen molar-refractivity contribution in [2.45, 2.75) is 53.4 Å². The molecule has 0 atom stereocenters. The Kier molecular flexibility index (Phi) is 3.27. The van der Waals surface area contributed by atoms with Crippen LogP contribution in [0, 0.1) is 12.3 Å². The molecule has 3 heteroatoms. The number of Topliss-reactive ketones (excluding diaryl/α,β-unsaturated/α-hetero) is 1. The summed E-state index contributed by atoms with van der Waals surface area (Å²) in [4.78, 5) is 11.5. The van der Waals surface area contributed by atoms with Crippen LogP contribution in [0.15, 0.2) is 10.6 Å². The number of rotatable bonds is 4. The maximum atomic E-state index is 11.5. The van der Waals surface area contributed by atoms with Gasteiger partial charge in [0.2, 0.25) is 0 Å². The maximum absolute atomic E-state index is 11.5. The Balaban J connectivity index is 2.91. The zero-order valence-corrected chi connectivity index (χ0v) is 11.0. The number of carbonyl (C=O) groups is 1. The SMILES string of the molecule is CC(=O)C(C)(C)CC(C)(C)c1cc(C)no1. The normalized spacial score (nSPS) is 12.9. The highest BCUT2D eigenvalue weighted by Gasteiger charge is 2.35. The summed E-state index contributed by atoms with van der Waals surface area (Å²) >= 11 is 0. The minimum absolute atomic E-state index is 0.170. The van der Waals surface area contributed by atoms with E-state index < -0.39 is 0 Å². The van der Waals surface area contributed by atoms with E-state index in [2.05, 4.69) is 19.0 Å². The monoisotopic (exact) mass is 223 g/mol. The van der Waals surface area contributed by atoms with Gasteiger partial charge < -0.3 is 4.52 Å². The van der Waals surface area contributed by atoms with Crippen LogP contribution in [0.25, 0.3) is 0 Å². The first-order valence-electron chi connectivity index (χ1n) is 5.60. The zero-order valence-electron chi connectivity index (χ0n) is 11.0. The molecule has 0 bridgehead atoms.